The molecule has 110 valence electrons. The standard InChI is InChI=1S/C10H10F3N3O4/c1-4(2)20-6-5(7(17)18)3-14-9(15-6)16-8(19)10(11,12)13/h3-4H,1-2H3,(H,17,18)(H,14,15,16,19). The van der Waals surface area contributed by atoms with Gasteiger partial charge in [-0.15, -0.1) is 0 Å². The zero-order valence-corrected chi connectivity index (χ0v) is 10.4. The van der Waals surface area contributed by atoms with E-state index in [1.165, 1.54) is 5.32 Å². The lowest BCUT2D eigenvalue weighted by Gasteiger charge is -2.12. The third kappa shape index (κ3) is 4.07. The first-order chi connectivity index (χ1) is 9.11. The zero-order chi connectivity index (χ0) is 15.5. The monoisotopic (exact) mass is 293 g/mol. The van der Waals surface area contributed by atoms with Crippen molar-refractivity contribution in [3.8, 4) is 5.88 Å². The summed E-state index contributed by atoms with van der Waals surface area (Å²) in [6.45, 7) is 3.14. The second kappa shape index (κ2) is 5.72. The quantitative estimate of drug-likeness (QED) is 0.871. The Hall–Kier alpha value is -2.39. The number of nitrogens with zero attached hydrogens (tertiary/aromatic N) is 2. The summed E-state index contributed by atoms with van der Waals surface area (Å²) in [5.74, 6) is -4.81. The van der Waals surface area contributed by atoms with Crippen LogP contribution in [0.3, 0.4) is 0 Å². The minimum atomic E-state index is -5.10. The number of alkyl halides is 3. The van der Waals surface area contributed by atoms with E-state index >= 15 is 0 Å². The van der Waals surface area contributed by atoms with Crippen LogP contribution in [0.5, 0.6) is 5.88 Å². The van der Waals surface area contributed by atoms with Gasteiger partial charge in [-0.1, -0.05) is 0 Å². The molecule has 7 nitrogen and oxygen atoms in total. The molecule has 0 aromatic carbocycles. The Balaban J connectivity index is 3.06. The minimum Gasteiger partial charge on any atom is -0.477 e. The SMILES string of the molecule is CC(C)Oc1nc(NC(=O)C(F)(F)F)ncc1C(=O)O. The summed E-state index contributed by atoms with van der Waals surface area (Å²) in [7, 11) is 0. The highest BCUT2D eigenvalue weighted by Crippen LogP contribution is 2.20. The summed E-state index contributed by atoms with van der Waals surface area (Å²) in [5.41, 5.74) is -0.427. The van der Waals surface area contributed by atoms with Crippen LogP contribution in [0.4, 0.5) is 19.1 Å². The van der Waals surface area contributed by atoms with Crippen molar-refractivity contribution in [2.75, 3.05) is 5.32 Å². The molecular formula is C10H10F3N3O4. The van der Waals surface area contributed by atoms with Gasteiger partial charge in [-0.3, -0.25) is 10.1 Å². The fraction of sp³-hybridized carbons (Fsp3) is 0.400. The van der Waals surface area contributed by atoms with Gasteiger partial charge in [-0.2, -0.15) is 18.2 Å². The fourth-order valence-electron chi connectivity index (χ4n) is 1.06. The second-order valence-corrected chi connectivity index (χ2v) is 3.84. The predicted molar refractivity (Wildman–Crippen MR) is 59.4 cm³/mol. The van der Waals surface area contributed by atoms with Gasteiger partial charge in [0.15, 0.2) is 0 Å². The van der Waals surface area contributed by atoms with Crippen LogP contribution in [-0.2, 0) is 4.79 Å². The molecule has 0 bridgehead atoms. The summed E-state index contributed by atoms with van der Waals surface area (Å²) in [6, 6.07) is 0. The number of carboxylic acids is 1. The van der Waals surface area contributed by atoms with E-state index < -0.39 is 41.5 Å². The van der Waals surface area contributed by atoms with Crippen molar-refractivity contribution in [2.24, 2.45) is 0 Å². The molecule has 0 spiro atoms. The lowest BCUT2D eigenvalue weighted by Crippen LogP contribution is -2.31. The van der Waals surface area contributed by atoms with E-state index in [1.54, 1.807) is 13.8 Å². The molecule has 0 atom stereocenters. The first kappa shape index (κ1) is 15.7. The van der Waals surface area contributed by atoms with Crippen LogP contribution in [0.1, 0.15) is 24.2 Å². The van der Waals surface area contributed by atoms with Crippen LogP contribution < -0.4 is 10.1 Å². The average molecular weight is 293 g/mol. The normalized spacial score (nSPS) is 11.3. The van der Waals surface area contributed by atoms with E-state index in [2.05, 4.69) is 9.97 Å². The second-order valence-electron chi connectivity index (χ2n) is 3.84. The largest absolute Gasteiger partial charge is 0.477 e. The average Bonchev–Trinajstić information content (AvgIpc) is 2.26. The Morgan fingerprint density at radius 2 is 2.00 bits per heavy atom. The first-order valence-corrected chi connectivity index (χ1v) is 5.26. The molecule has 0 aliphatic heterocycles. The number of amides is 1. The summed E-state index contributed by atoms with van der Waals surface area (Å²) in [5, 5.41) is 10.3. The summed E-state index contributed by atoms with van der Waals surface area (Å²) >= 11 is 0. The Morgan fingerprint density at radius 3 is 2.45 bits per heavy atom. The number of anilines is 1. The van der Waals surface area contributed by atoms with Crippen LogP contribution in [0.25, 0.3) is 0 Å². The van der Waals surface area contributed by atoms with E-state index in [-0.39, 0.29) is 0 Å². The lowest BCUT2D eigenvalue weighted by molar-refractivity contribution is -0.167. The molecule has 1 rings (SSSR count). The van der Waals surface area contributed by atoms with E-state index in [9.17, 15) is 22.8 Å². The maximum Gasteiger partial charge on any atom is 0.471 e. The summed E-state index contributed by atoms with van der Waals surface area (Å²) < 4.78 is 41.2. The smallest absolute Gasteiger partial charge is 0.471 e. The third-order valence-corrected chi connectivity index (χ3v) is 1.81. The number of ether oxygens (including phenoxy) is 1. The van der Waals surface area contributed by atoms with Crippen molar-refractivity contribution in [3.63, 3.8) is 0 Å². The van der Waals surface area contributed by atoms with Crippen LogP contribution in [0.2, 0.25) is 0 Å². The van der Waals surface area contributed by atoms with Crippen LogP contribution in [-0.4, -0.2) is 39.2 Å². The van der Waals surface area contributed by atoms with Gasteiger partial charge in [-0.05, 0) is 13.8 Å². The first-order valence-electron chi connectivity index (χ1n) is 5.26. The minimum absolute atomic E-state index is 0.427. The lowest BCUT2D eigenvalue weighted by atomic mass is 10.3. The molecule has 0 aliphatic carbocycles. The van der Waals surface area contributed by atoms with Crippen LogP contribution in [0.15, 0.2) is 6.20 Å². The highest BCUT2D eigenvalue weighted by atomic mass is 19.4. The van der Waals surface area contributed by atoms with Crippen molar-refractivity contribution in [3.05, 3.63) is 11.8 Å². The topological polar surface area (TPSA) is 101 Å². The molecule has 0 aliphatic rings. The molecule has 0 radical (unpaired) electrons. The van der Waals surface area contributed by atoms with Gasteiger partial charge in [0.05, 0.1) is 12.3 Å². The Kier molecular flexibility index (Phi) is 4.48. The molecule has 1 aromatic rings. The third-order valence-electron chi connectivity index (χ3n) is 1.81. The van der Waals surface area contributed by atoms with E-state index in [1.807, 2.05) is 0 Å². The van der Waals surface area contributed by atoms with Gasteiger partial charge < -0.3 is 9.84 Å². The fourth-order valence-corrected chi connectivity index (χ4v) is 1.06. The number of carboxylic acid groups (broad SMARTS) is 1. The van der Waals surface area contributed by atoms with Gasteiger partial charge in [0.1, 0.15) is 5.56 Å². The predicted octanol–water partition coefficient (Wildman–Crippen LogP) is 1.46. The van der Waals surface area contributed by atoms with Gasteiger partial charge >= 0.3 is 18.1 Å². The molecule has 0 saturated heterocycles. The Bertz CT molecular complexity index is 531. The molecule has 1 aromatic heterocycles. The Morgan fingerprint density at radius 1 is 1.40 bits per heavy atom. The number of hydrogen-bond acceptors (Lipinski definition) is 5. The molecule has 10 heteroatoms. The molecule has 0 fully saturated rings. The molecule has 20 heavy (non-hydrogen) atoms. The van der Waals surface area contributed by atoms with Crippen molar-refractivity contribution < 1.29 is 32.6 Å². The van der Waals surface area contributed by atoms with Crippen molar-refractivity contribution in [1.82, 2.24) is 9.97 Å². The number of halogens is 3. The number of carbonyl (C=O) groups is 2. The molecule has 0 unspecified atom stereocenters. The number of rotatable bonds is 4. The van der Waals surface area contributed by atoms with Crippen LogP contribution in [0, 0.1) is 0 Å². The van der Waals surface area contributed by atoms with Gasteiger partial charge in [0.2, 0.25) is 11.8 Å². The van der Waals surface area contributed by atoms with Crippen LogP contribution >= 0.6 is 0 Å². The summed E-state index contributed by atoms with van der Waals surface area (Å²) in [4.78, 5) is 28.3. The molecule has 2 N–H and O–H groups in total. The van der Waals surface area contributed by atoms with E-state index in [0.717, 1.165) is 6.20 Å². The van der Waals surface area contributed by atoms with Crippen molar-refractivity contribution in [1.29, 1.82) is 0 Å². The molecule has 1 amide bonds. The zero-order valence-electron chi connectivity index (χ0n) is 10.4. The summed E-state index contributed by atoms with van der Waals surface area (Å²) in [6.07, 6.45) is -4.82. The van der Waals surface area contributed by atoms with E-state index in [0.29, 0.717) is 0 Å². The maximum atomic E-state index is 12.1. The van der Waals surface area contributed by atoms with E-state index in [4.69, 9.17) is 9.84 Å². The van der Waals surface area contributed by atoms with Gasteiger partial charge in [0, 0.05) is 0 Å². The van der Waals surface area contributed by atoms with Crippen molar-refractivity contribution >= 4 is 17.8 Å². The van der Waals surface area contributed by atoms with Gasteiger partial charge in [0.25, 0.3) is 0 Å². The Labute approximate surface area is 110 Å². The maximum absolute atomic E-state index is 12.1. The highest BCUT2D eigenvalue weighted by molar-refractivity contribution is 5.94. The molecule has 0 saturated carbocycles. The number of aromatic carboxylic acids is 1. The number of hydrogen-bond donors (Lipinski definition) is 2. The highest BCUT2D eigenvalue weighted by Gasteiger charge is 2.39. The van der Waals surface area contributed by atoms with Crippen molar-refractivity contribution in [2.45, 2.75) is 26.1 Å². The molecular weight excluding hydrogens is 283 g/mol. The molecule has 1 heterocycles. The van der Waals surface area contributed by atoms with Gasteiger partial charge in [-0.25, -0.2) is 9.78 Å². The number of carbonyl (C=O) groups excluding carboxylic acids is 1. The number of aromatic nitrogens is 2. The number of nitrogens with one attached hydrogen (secondary N) is 1.